The lowest BCUT2D eigenvalue weighted by atomic mass is 10.2. The minimum absolute atomic E-state index is 0. The number of carbonyl (C=O) groups is 1. The number of rotatable bonds is 6. The molecule has 2 N–H and O–H groups in total. The minimum Gasteiger partial charge on any atom is -0.493 e. The molecule has 3 rings (SSSR count). The van der Waals surface area contributed by atoms with Crippen molar-refractivity contribution in [1.29, 1.82) is 0 Å². The van der Waals surface area contributed by atoms with Crippen LogP contribution in [0.25, 0.3) is 10.2 Å². The van der Waals surface area contributed by atoms with Gasteiger partial charge in [0, 0.05) is 6.54 Å². The van der Waals surface area contributed by atoms with E-state index in [2.05, 4.69) is 15.3 Å². The van der Waals surface area contributed by atoms with Gasteiger partial charge in [0.15, 0.2) is 17.2 Å². The second kappa shape index (κ2) is 8.00. The van der Waals surface area contributed by atoms with Gasteiger partial charge in [-0.05, 0) is 29.1 Å². The first-order valence-electron chi connectivity index (χ1n) is 7.05. The quantitative estimate of drug-likeness (QED) is 0.675. The average Bonchev–Trinajstić information content (AvgIpc) is 3.07. The summed E-state index contributed by atoms with van der Waals surface area (Å²) in [4.78, 5) is 19.8. The van der Waals surface area contributed by atoms with Crippen LogP contribution in [0.3, 0.4) is 0 Å². The first kappa shape index (κ1) is 18.8. The lowest BCUT2D eigenvalue weighted by Gasteiger charge is -2.10. The third kappa shape index (κ3) is 3.92. The molecule has 0 amide bonds. The molecule has 0 radical (unpaired) electrons. The van der Waals surface area contributed by atoms with Crippen molar-refractivity contribution in [2.75, 3.05) is 19.5 Å². The van der Waals surface area contributed by atoms with Gasteiger partial charge in [-0.3, -0.25) is 0 Å². The summed E-state index contributed by atoms with van der Waals surface area (Å²) in [7, 11) is 3.15. The largest absolute Gasteiger partial charge is 0.493 e. The van der Waals surface area contributed by atoms with E-state index in [9.17, 15) is 9.90 Å². The van der Waals surface area contributed by atoms with Crippen LogP contribution in [0.5, 0.6) is 11.5 Å². The van der Waals surface area contributed by atoms with Crippen molar-refractivity contribution in [2.24, 2.45) is 0 Å². The van der Waals surface area contributed by atoms with Gasteiger partial charge in [-0.1, -0.05) is 6.07 Å². The molecule has 25 heavy (non-hydrogen) atoms. The number of aromatic nitrogens is 2. The van der Waals surface area contributed by atoms with Gasteiger partial charge in [0.1, 0.15) is 0 Å². The normalized spacial score (nSPS) is 10.2. The Kier molecular flexibility index (Phi) is 6.00. The Hall–Kier alpha value is -2.58. The topological polar surface area (TPSA) is 93.6 Å². The lowest BCUT2D eigenvalue weighted by molar-refractivity contribution is 0.0693. The number of fused-ring (bicyclic) bond motifs is 1. The number of benzene rings is 1. The predicted molar refractivity (Wildman–Crippen MR) is 98.5 cm³/mol. The molecule has 3 aromatic rings. The van der Waals surface area contributed by atoms with Crippen molar-refractivity contribution >= 4 is 45.9 Å². The molecule has 0 aliphatic rings. The maximum atomic E-state index is 11.4. The van der Waals surface area contributed by atoms with Crippen LogP contribution < -0.4 is 14.8 Å². The molecule has 1 aromatic carbocycles. The summed E-state index contributed by atoms with van der Waals surface area (Å²) in [5.74, 6) is 0.467. The second-order valence-corrected chi connectivity index (χ2v) is 5.79. The Morgan fingerprint density at radius 2 is 1.96 bits per heavy atom. The van der Waals surface area contributed by atoms with Gasteiger partial charge >= 0.3 is 5.97 Å². The van der Waals surface area contributed by atoms with E-state index < -0.39 is 5.97 Å². The SMILES string of the molecule is COc1ccc(CNc2nc(C(=O)O)c3sccc3n2)cc1OC.Cl. The molecule has 0 aliphatic carbocycles. The number of thiophene rings is 1. The standard InChI is InChI=1S/C16H15N3O4S.ClH/c1-22-11-4-3-9(7-12(11)23-2)8-17-16-18-10-5-6-24-14(10)13(19-16)15(20)21;/h3-7H,8H2,1-2H3,(H,20,21)(H,17,18,19);1H. The zero-order valence-electron chi connectivity index (χ0n) is 13.5. The first-order chi connectivity index (χ1) is 11.6. The Bertz CT molecular complexity index is 900. The molecular formula is C16H16ClN3O4S. The second-order valence-electron chi connectivity index (χ2n) is 4.88. The van der Waals surface area contributed by atoms with Crippen LogP contribution >= 0.6 is 23.7 Å². The number of ether oxygens (including phenoxy) is 2. The number of carboxylic acid groups (broad SMARTS) is 1. The van der Waals surface area contributed by atoms with E-state index in [1.165, 1.54) is 11.3 Å². The molecule has 0 spiro atoms. The summed E-state index contributed by atoms with van der Waals surface area (Å²) in [6, 6.07) is 7.31. The number of aromatic carboxylic acids is 1. The molecule has 0 fully saturated rings. The van der Waals surface area contributed by atoms with Crippen LogP contribution in [-0.4, -0.2) is 35.3 Å². The third-order valence-electron chi connectivity index (χ3n) is 3.40. The molecule has 0 atom stereocenters. The summed E-state index contributed by atoms with van der Waals surface area (Å²) < 4.78 is 11.0. The maximum absolute atomic E-state index is 11.4. The van der Waals surface area contributed by atoms with E-state index in [0.717, 1.165) is 5.56 Å². The van der Waals surface area contributed by atoms with Crippen molar-refractivity contribution < 1.29 is 19.4 Å². The van der Waals surface area contributed by atoms with Crippen molar-refractivity contribution in [3.05, 3.63) is 40.9 Å². The van der Waals surface area contributed by atoms with E-state index in [1.54, 1.807) is 31.7 Å². The summed E-state index contributed by atoms with van der Waals surface area (Å²) in [5.41, 5.74) is 1.55. The highest BCUT2D eigenvalue weighted by Crippen LogP contribution is 2.28. The van der Waals surface area contributed by atoms with Gasteiger partial charge in [-0.15, -0.1) is 23.7 Å². The van der Waals surface area contributed by atoms with Crippen LogP contribution in [0.1, 0.15) is 16.1 Å². The molecular weight excluding hydrogens is 366 g/mol. The van der Waals surface area contributed by atoms with Gasteiger partial charge in [0.25, 0.3) is 0 Å². The molecule has 0 unspecified atom stereocenters. The van der Waals surface area contributed by atoms with Gasteiger partial charge in [-0.2, -0.15) is 0 Å². The van der Waals surface area contributed by atoms with Gasteiger partial charge in [0.05, 0.1) is 24.4 Å². The van der Waals surface area contributed by atoms with Crippen LogP contribution in [0, 0.1) is 0 Å². The first-order valence-corrected chi connectivity index (χ1v) is 7.93. The predicted octanol–water partition coefficient (Wildman–Crippen LogP) is 3.44. The molecule has 9 heteroatoms. The molecule has 2 aromatic heterocycles. The number of hydrogen-bond acceptors (Lipinski definition) is 7. The number of nitrogens with one attached hydrogen (secondary N) is 1. The molecule has 2 heterocycles. The Morgan fingerprint density at radius 1 is 1.20 bits per heavy atom. The zero-order chi connectivity index (χ0) is 17.1. The summed E-state index contributed by atoms with van der Waals surface area (Å²) in [6.07, 6.45) is 0. The van der Waals surface area contributed by atoms with Crippen molar-refractivity contribution in [3.8, 4) is 11.5 Å². The molecule has 0 saturated carbocycles. The number of hydrogen-bond donors (Lipinski definition) is 2. The van der Waals surface area contributed by atoms with Crippen molar-refractivity contribution in [1.82, 2.24) is 9.97 Å². The van der Waals surface area contributed by atoms with Gasteiger partial charge < -0.3 is 19.9 Å². The van der Waals surface area contributed by atoms with Crippen molar-refractivity contribution in [2.45, 2.75) is 6.54 Å². The number of anilines is 1. The number of halogens is 1. The fourth-order valence-corrected chi connectivity index (χ4v) is 3.07. The number of nitrogens with zero attached hydrogens (tertiary/aromatic N) is 2. The van der Waals surface area contributed by atoms with Crippen LogP contribution in [0.15, 0.2) is 29.6 Å². The average molecular weight is 382 g/mol. The Labute approximate surface area is 154 Å². The van der Waals surface area contributed by atoms with E-state index in [1.807, 2.05) is 12.1 Å². The molecule has 7 nitrogen and oxygen atoms in total. The van der Waals surface area contributed by atoms with Gasteiger partial charge in [-0.25, -0.2) is 14.8 Å². The van der Waals surface area contributed by atoms with E-state index in [0.29, 0.717) is 28.3 Å². The zero-order valence-corrected chi connectivity index (χ0v) is 15.1. The molecule has 0 saturated heterocycles. The molecule has 0 aliphatic heterocycles. The Morgan fingerprint density at radius 3 is 2.64 bits per heavy atom. The fraction of sp³-hybridized carbons (Fsp3) is 0.188. The number of methoxy groups -OCH3 is 2. The highest BCUT2D eigenvalue weighted by molar-refractivity contribution is 7.17. The van der Waals surface area contributed by atoms with Gasteiger partial charge in [0.2, 0.25) is 5.95 Å². The summed E-state index contributed by atoms with van der Waals surface area (Å²) >= 11 is 1.31. The lowest BCUT2D eigenvalue weighted by Crippen LogP contribution is -2.08. The molecule has 132 valence electrons. The van der Waals surface area contributed by atoms with E-state index in [4.69, 9.17) is 9.47 Å². The summed E-state index contributed by atoms with van der Waals surface area (Å²) in [6.45, 7) is 0.426. The summed E-state index contributed by atoms with van der Waals surface area (Å²) in [5, 5.41) is 14.1. The maximum Gasteiger partial charge on any atom is 0.356 e. The van der Waals surface area contributed by atoms with Crippen LogP contribution in [0.2, 0.25) is 0 Å². The van der Waals surface area contributed by atoms with Crippen LogP contribution in [-0.2, 0) is 6.54 Å². The highest BCUT2D eigenvalue weighted by atomic mass is 35.5. The monoisotopic (exact) mass is 381 g/mol. The Balaban J connectivity index is 0.00000225. The number of carboxylic acids is 1. The van der Waals surface area contributed by atoms with Crippen LogP contribution in [0.4, 0.5) is 5.95 Å². The minimum atomic E-state index is -1.07. The third-order valence-corrected chi connectivity index (χ3v) is 4.32. The van der Waals surface area contributed by atoms with E-state index in [-0.39, 0.29) is 24.0 Å². The van der Waals surface area contributed by atoms with E-state index >= 15 is 0 Å². The van der Waals surface area contributed by atoms with Crippen molar-refractivity contribution in [3.63, 3.8) is 0 Å². The smallest absolute Gasteiger partial charge is 0.356 e. The molecule has 0 bridgehead atoms. The highest BCUT2D eigenvalue weighted by Gasteiger charge is 2.15. The fourth-order valence-electron chi connectivity index (χ4n) is 2.26.